The molecule has 0 radical (unpaired) electrons. The maximum Gasteiger partial charge on any atom is 0.216 e. The number of sulfonamides is 1. The zero-order chi connectivity index (χ0) is 17.9. The molecule has 0 atom stereocenters. The topological polar surface area (TPSA) is 51.1 Å². The highest BCUT2D eigenvalue weighted by Crippen LogP contribution is 2.20. The predicted molar refractivity (Wildman–Crippen MR) is 101 cm³/mol. The van der Waals surface area contributed by atoms with E-state index in [0.717, 1.165) is 28.2 Å². The summed E-state index contributed by atoms with van der Waals surface area (Å²) in [6, 6.07) is 21.2. The van der Waals surface area contributed by atoms with Gasteiger partial charge in [0.05, 0.1) is 5.75 Å². The average Bonchev–Trinajstić information content (AvgIpc) is 2.92. The fourth-order valence-electron chi connectivity index (χ4n) is 2.96. The molecule has 0 aliphatic rings. The van der Waals surface area contributed by atoms with Crippen LogP contribution >= 0.6 is 0 Å². The van der Waals surface area contributed by atoms with Crippen LogP contribution in [0.25, 0.3) is 5.69 Å². The van der Waals surface area contributed by atoms with Gasteiger partial charge in [-0.1, -0.05) is 48.5 Å². The summed E-state index contributed by atoms with van der Waals surface area (Å²) < 4.78 is 29.6. The Balaban J connectivity index is 1.80. The third-order valence-corrected chi connectivity index (χ3v) is 5.48. The minimum Gasteiger partial charge on any atom is -0.318 e. The van der Waals surface area contributed by atoms with Crippen molar-refractivity contribution < 1.29 is 8.42 Å². The molecule has 3 rings (SSSR count). The first-order valence-electron chi connectivity index (χ1n) is 8.21. The number of para-hydroxylation sites is 1. The van der Waals surface area contributed by atoms with Crippen molar-refractivity contribution >= 4 is 10.0 Å². The molecule has 1 N–H and O–H groups in total. The third kappa shape index (κ3) is 4.18. The molecule has 0 saturated carbocycles. The van der Waals surface area contributed by atoms with Crippen LogP contribution in [-0.4, -0.2) is 13.0 Å². The third-order valence-electron chi connectivity index (χ3n) is 4.19. The van der Waals surface area contributed by atoms with Crippen LogP contribution in [0.15, 0.2) is 66.7 Å². The number of aromatic nitrogens is 1. The molecule has 0 amide bonds. The molecule has 1 aromatic heterocycles. The van der Waals surface area contributed by atoms with Gasteiger partial charge in [0, 0.05) is 23.6 Å². The lowest BCUT2D eigenvalue weighted by molar-refractivity contribution is 0.580. The first-order chi connectivity index (χ1) is 12.0. The maximum atomic E-state index is 12.4. The Labute approximate surface area is 149 Å². The van der Waals surface area contributed by atoms with Crippen molar-refractivity contribution in [1.82, 2.24) is 9.29 Å². The summed E-state index contributed by atoms with van der Waals surface area (Å²) in [5, 5.41) is 0. The Morgan fingerprint density at radius 2 is 1.44 bits per heavy atom. The van der Waals surface area contributed by atoms with E-state index in [9.17, 15) is 8.42 Å². The van der Waals surface area contributed by atoms with E-state index >= 15 is 0 Å². The number of nitrogens with one attached hydrogen (secondary N) is 1. The molecular formula is C20H22N2O2S. The highest BCUT2D eigenvalue weighted by Gasteiger charge is 2.14. The molecule has 0 unspecified atom stereocenters. The van der Waals surface area contributed by atoms with Crippen molar-refractivity contribution in [2.45, 2.75) is 26.1 Å². The molecule has 2 aromatic carbocycles. The molecule has 25 heavy (non-hydrogen) atoms. The average molecular weight is 354 g/mol. The van der Waals surface area contributed by atoms with Gasteiger partial charge < -0.3 is 4.57 Å². The van der Waals surface area contributed by atoms with Gasteiger partial charge in [-0.15, -0.1) is 0 Å². The molecule has 5 heteroatoms. The highest BCUT2D eigenvalue weighted by molar-refractivity contribution is 7.88. The van der Waals surface area contributed by atoms with Crippen molar-refractivity contribution in [3.8, 4) is 5.69 Å². The predicted octanol–water partition coefficient (Wildman–Crippen LogP) is 3.71. The Hall–Kier alpha value is -2.37. The van der Waals surface area contributed by atoms with Crippen LogP contribution in [0, 0.1) is 13.8 Å². The first kappa shape index (κ1) is 17.5. The van der Waals surface area contributed by atoms with Crippen LogP contribution in [0.2, 0.25) is 0 Å². The summed E-state index contributed by atoms with van der Waals surface area (Å²) in [4.78, 5) is 0. The molecule has 4 nitrogen and oxygen atoms in total. The van der Waals surface area contributed by atoms with Crippen molar-refractivity contribution in [3.63, 3.8) is 0 Å². The van der Waals surface area contributed by atoms with Gasteiger partial charge in [-0.05, 0) is 43.2 Å². The smallest absolute Gasteiger partial charge is 0.216 e. The fraction of sp³-hybridized carbons (Fsp3) is 0.200. The first-order valence-corrected chi connectivity index (χ1v) is 9.86. The number of nitrogens with zero attached hydrogens (tertiary/aromatic N) is 1. The van der Waals surface area contributed by atoms with Crippen LogP contribution in [0.3, 0.4) is 0 Å². The Bertz CT molecular complexity index is 941. The van der Waals surface area contributed by atoms with E-state index in [1.165, 1.54) is 0 Å². The molecule has 0 fully saturated rings. The fourth-order valence-corrected chi connectivity index (χ4v) is 4.07. The number of hydrogen-bond donors (Lipinski definition) is 1. The molecule has 0 spiro atoms. The van der Waals surface area contributed by atoms with Crippen LogP contribution in [0.5, 0.6) is 0 Å². The van der Waals surface area contributed by atoms with E-state index in [-0.39, 0.29) is 12.3 Å². The Morgan fingerprint density at radius 1 is 0.840 bits per heavy atom. The number of benzene rings is 2. The summed E-state index contributed by atoms with van der Waals surface area (Å²) in [5.74, 6) is -0.0163. The second-order valence-electron chi connectivity index (χ2n) is 6.15. The van der Waals surface area contributed by atoms with E-state index in [2.05, 4.69) is 21.4 Å². The lowest BCUT2D eigenvalue weighted by Gasteiger charge is -2.15. The standard InChI is InChI=1S/C20H22N2O2S/c1-16-12-13-17(2)22(16)20-11-7-6-10-19(20)14-21-25(23,24)15-18-8-4-3-5-9-18/h3-13,21H,14-15H2,1-2H3. The van der Waals surface area contributed by atoms with Crippen molar-refractivity contribution in [2.75, 3.05) is 0 Å². The van der Waals surface area contributed by atoms with Crippen LogP contribution in [-0.2, 0) is 22.3 Å². The van der Waals surface area contributed by atoms with Gasteiger partial charge >= 0.3 is 0 Å². The van der Waals surface area contributed by atoms with Crippen molar-refractivity contribution in [2.24, 2.45) is 0 Å². The quantitative estimate of drug-likeness (QED) is 0.733. The van der Waals surface area contributed by atoms with Crippen LogP contribution < -0.4 is 4.72 Å². The van der Waals surface area contributed by atoms with Crippen molar-refractivity contribution in [3.05, 3.63) is 89.2 Å². The molecule has 0 aliphatic carbocycles. The van der Waals surface area contributed by atoms with Gasteiger partial charge in [-0.3, -0.25) is 0 Å². The molecular weight excluding hydrogens is 332 g/mol. The van der Waals surface area contributed by atoms with Crippen LogP contribution in [0.4, 0.5) is 0 Å². The van der Waals surface area contributed by atoms with Gasteiger partial charge in [-0.2, -0.15) is 0 Å². The minimum absolute atomic E-state index is 0.0163. The SMILES string of the molecule is Cc1ccc(C)n1-c1ccccc1CNS(=O)(=O)Cc1ccccc1. The molecule has 130 valence electrons. The largest absolute Gasteiger partial charge is 0.318 e. The van der Waals surface area contributed by atoms with E-state index in [0.29, 0.717) is 0 Å². The molecule has 0 saturated heterocycles. The normalized spacial score (nSPS) is 11.6. The Morgan fingerprint density at radius 3 is 2.12 bits per heavy atom. The van der Waals surface area contributed by atoms with Crippen LogP contribution in [0.1, 0.15) is 22.5 Å². The zero-order valence-corrected chi connectivity index (χ0v) is 15.3. The molecule has 1 heterocycles. The highest BCUT2D eigenvalue weighted by atomic mass is 32.2. The number of rotatable bonds is 6. The van der Waals surface area contributed by atoms with Crippen molar-refractivity contribution in [1.29, 1.82) is 0 Å². The second-order valence-corrected chi connectivity index (χ2v) is 7.95. The van der Waals surface area contributed by atoms with Gasteiger partial charge in [0.1, 0.15) is 0 Å². The summed E-state index contributed by atoms with van der Waals surface area (Å²) >= 11 is 0. The second kappa shape index (κ2) is 7.25. The lowest BCUT2D eigenvalue weighted by Crippen LogP contribution is -2.25. The van der Waals surface area contributed by atoms with E-state index in [1.807, 2.05) is 68.4 Å². The summed E-state index contributed by atoms with van der Waals surface area (Å²) in [7, 11) is -3.40. The summed E-state index contributed by atoms with van der Waals surface area (Å²) in [6.07, 6.45) is 0. The van der Waals surface area contributed by atoms with E-state index < -0.39 is 10.0 Å². The van der Waals surface area contributed by atoms with E-state index in [4.69, 9.17) is 0 Å². The van der Waals surface area contributed by atoms with Gasteiger partial charge in [-0.25, -0.2) is 13.1 Å². The lowest BCUT2D eigenvalue weighted by atomic mass is 10.1. The Kier molecular flexibility index (Phi) is 5.06. The molecule has 0 bridgehead atoms. The van der Waals surface area contributed by atoms with Gasteiger partial charge in [0.25, 0.3) is 0 Å². The zero-order valence-electron chi connectivity index (χ0n) is 14.4. The molecule has 3 aromatic rings. The van der Waals surface area contributed by atoms with Gasteiger partial charge in [0.2, 0.25) is 10.0 Å². The monoisotopic (exact) mass is 354 g/mol. The maximum absolute atomic E-state index is 12.4. The summed E-state index contributed by atoms with van der Waals surface area (Å²) in [5.41, 5.74) is 4.97. The number of hydrogen-bond acceptors (Lipinski definition) is 2. The minimum atomic E-state index is -3.40. The number of aryl methyl sites for hydroxylation is 2. The van der Waals surface area contributed by atoms with E-state index in [1.54, 1.807) is 0 Å². The van der Waals surface area contributed by atoms with Gasteiger partial charge in [0.15, 0.2) is 0 Å². The summed E-state index contributed by atoms with van der Waals surface area (Å²) in [6.45, 7) is 4.36. The molecule has 0 aliphatic heterocycles.